The minimum atomic E-state index is -1.11. The summed E-state index contributed by atoms with van der Waals surface area (Å²) in [5.74, 6) is -3.19. The van der Waals surface area contributed by atoms with Crippen molar-refractivity contribution in [2.75, 3.05) is 5.32 Å². The van der Waals surface area contributed by atoms with Gasteiger partial charge in [0.1, 0.15) is 5.82 Å². The summed E-state index contributed by atoms with van der Waals surface area (Å²) < 4.78 is 14.5. The smallest absolute Gasteiger partial charge is 0.304 e. The second kappa shape index (κ2) is 10.1. The van der Waals surface area contributed by atoms with Crippen molar-refractivity contribution < 1.29 is 19.1 Å². The lowest BCUT2D eigenvalue weighted by atomic mass is 9.95. The highest BCUT2D eigenvalue weighted by atomic mass is 19.1. The number of benzene rings is 3. The molecule has 1 aromatic heterocycles. The van der Waals surface area contributed by atoms with E-state index < -0.39 is 23.6 Å². The molecule has 0 aliphatic rings. The number of amides is 1. The molecule has 0 fully saturated rings. The molecule has 1 unspecified atom stereocenters. The van der Waals surface area contributed by atoms with E-state index in [0.717, 1.165) is 5.56 Å². The van der Waals surface area contributed by atoms with Crippen molar-refractivity contribution in [3.05, 3.63) is 106 Å². The quantitative estimate of drug-likeness (QED) is 0.370. The van der Waals surface area contributed by atoms with E-state index in [-0.39, 0.29) is 24.1 Å². The molecule has 3 N–H and O–H groups in total. The number of hydrogen-bond donors (Lipinski definition) is 3. The zero-order chi connectivity index (χ0) is 24.1. The third-order valence-electron chi connectivity index (χ3n) is 5.55. The number of rotatable bonds is 8. The maximum Gasteiger partial charge on any atom is 0.304 e. The van der Waals surface area contributed by atoms with Crippen LogP contribution in [0.15, 0.2) is 77.6 Å². The van der Waals surface area contributed by atoms with Gasteiger partial charge >= 0.3 is 5.97 Å². The molecular weight excluding hydrogens is 437 g/mol. The van der Waals surface area contributed by atoms with Gasteiger partial charge < -0.3 is 10.4 Å². The summed E-state index contributed by atoms with van der Waals surface area (Å²) in [5.41, 5.74) is 1.74. The highest BCUT2D eigenvalue weighted by molar-refractivity contribution is 5.94. The molecule has 7 nitrogen and oxygen atoms in total. The molecular formula is C26H22FN3O4. The van der Waals surface area contributed by atoms with E-state index in [1.165, 1.54) is 12.1 Å². The van der Waals surface area contributed by atoms with Crippen molar-refractivity contribution in [2.45, 2.75) is 19.3 Å². The van der Waals surface area contributed by atoms with Gasteiger partial charge in [-0.05, 0) is 35.7 Å². The van der Waals surface area contributed by atoms with Crippen LogP contribution in [0.1, 0.15) is 23.2 Å². The van der Waals surface area contributed by atoms with Gasteiger partial charge in [0, 0.05) is 11.8 Å². The van der Waals surface area contributed by atoms with Crippen LogP contribution in [-0.4, -0.2) is 27.2 Å². The van der Waals surface area contributed by atoms with Gasteiger partial charge in [-0.1, -0.05) is 54.6 Å². The van der Waals surface area contributed by atoms with Gasteiger partial charge in [0.15, 0.2) is 0 Å². The molecule has 0 aliphatic heterocycles. The van der Waals surface area contributed by atoms with Crippen molar-refractivity contribution in [3.63, 3.8) is 0 Å². The number of H-pyrrole nitrogens is 1. The number of nitrogens with zero attached hydrogens (tertiary/aromatic N) is 1. The van der Waals surface area contributed by atoms with Crippen LogP contribution >= 0.6 is 0 Å². The highest BCUT2D eigenvalue weighted by Crippen LogP contribution is 2.23. The van der Waals surface area contributed by atoms with Crippen LogP contribution < -0.4 is 10.9 Å². The Labute approximate surface area is 194 Å². The first-order chi connectivity index (χ1) is 16.4. The van der Waals surface area contributed by atoms with Crippen LogP contribution in [0.4, 0.5) is 10.1 Å². The van der Waals surface area contributed by atoms with Gasteiger partial charge in [0.25, 0.3) is 5.56 Å². The Balaban J connectivity index is 1.57. The average Bonchev–Trinajstić information content (AvgIpc) is 2.83. The van der Waals surface area contributed by atoms with Crippen LogP contribution in [-0.2, 0) is 22.4 Å². The van der Waals surface area contributed by atoms with E-state index in [9.17, 15) is 23.9 Å². The van der Waals surface area contributed by atoms with Gasteiger partial charge in [0.2, 0.25) is 5.91 Å². The molecule has 0 spiro atoms. The fraction of sp³-hybridized carbons (Fsp3) is 0.154. The number of carboxylic acids is 1. The predicted octanol–water partition coefficient (Wildman–Crippen LogP) is 3.93. The molecule has 1 amide bonds. The molecule has 0 radical (unpaired) electrons. The first kappa shape index (κ1) is 22.8. The highest BCUT2D eigenvalue weighted by Gasteiger charge is 2.23. The van der Waals surface area contributed by atoms with E-state index in [2.05, 4.69) is 15.5 Å². The average molecular weight is 459 g/mol. The van der Waals surface area contributed by atoms with E-state index in [1.54, 1.807) is 30.3 Å². The van der Waals surface area contributed by atoms with E-state index in [0.29, 0.717) is 28.5 Å². The molecule has 172 valence electrons. The molecule has 0 aliphatic carbocycles. The summed E-state index contributed by atoms with van der Waals surface area (Å²) in [4.78, 5) is 36.2. The Morgan fingerprint density at radius 2 is 1.68 bits per heavy atom. The summed E-state index contributed by atoms with van der Waals surface area (Å²) in [6, 6.07) is 20.4. The van der Waals surface area contributed by atoms with Crippen molar-refractivity contribution in [3.8, 4) is 0 Å². The molecule has 0 saturated heterocycles. The monoisotopic (exact) mass is 459 g/mol. The molecule has 1 heterocycles. The maximum atomic E-state index is 14.5. The zero-order valence-electron chi connectivity index (χ0n) is 18.1. The molecule has 4 aromatic rings. The second-order valence-electron chi connectivity index (χ2n) is 8.01. The van der Waals surface area contributed by atoms with Crippen molar-refractivity contribution >= 4 is 28.3 Å². The van der Waals surface area contributed by atoms with E-state index >= 15 is 0 Å². The predicted molar refractivity (Wildman–Crippen MR) is 126 cm³/mol. The molecule has 0 saturated carbocycles. The van der Waals surface area contributed by atoms with Crippen LogP contribution in [0.2, 0.25) is 0 Å². The molecule has 34 heavy (non-hydrogen) atoms. The van der Waals surface area contributed by atoms with Crippen LogP contribution in [0.3, 0.4) is 0 Å². The number of aromatic nitrogens is 2. The summed E-state index contributed by atoms with van der Waals surface area (Å²) in [6.07, 6.45) is 0.131. The van der Waals surface area contributed by atoms with Crippen molar-refractivity contribution in [1.29, 1.82) is 0 Å². The van der Waals surface area contributed by atoms with Gasteiger partial charge in [-0.3, -0.25) is 14.4 Å². The minimum Gasteiger partial charge on any atom is -0.481 e. The third kappa shape index (κ3) is 5.35. The van der Waals surface area contributed by atoms with Crippen molar-refractivity contribution in [1.82, 2.24) is 10.2 Å². The minimum absolute atomic E-state index is 0.0420. The maximum absolute atomic E-state index is 14.5. The number of fused-ring (bicyclic) bond motifs is 1. The zero-order valence-corrected chi connectivity index (χ0v) is 18.1. The molecule has 1 atom stereocenters. The summed E-state index contributed by atoms with van der Waals surface area (Å²) >= 11 is 0. The number of carbonyl (C=O) groups is 2. The fourth-order valence-electron chi connectivity index (χ4n) is 3.88. The Bertz CT molecular complexity index is 1400. The molecule has 0 bridgehead atoms. The lowest BCUT2D eigenvalue weighted by Gasteiger charge is -2.16. The Morgan fingerprint density at radius 1 is 0.971 bits per heavy atom. The van der Waals surface area contributed by atoms with Crippen LogP contribution in [0.5, 0.6) is 0 Å². The second-order valence-corrected chi connectivity index (χ2v) is 8.01. The summed E-state index contributed by atoms with van der Waals surface area (Å²) in [5, 5.41) is 19.6. The fourth-order valence-corrected chi connectivity index (χ4v) is 3.88. The lowest BCUT2D eigenvalue weighted by molar-refractivity contribution is -0.140. The van der Waals surface area contributed by atoms with E-state index in [4.69, 9.17) is 0 Å². The number of nitrogens with one attached hydrogen (secondary N) is 2. The molecule has 4 rings (SSSR count). The van der Waals surface area contributed by atoms with Crippen LogP contribution in [0.25, 0.3) is 10.8 Å². The number of carbonyl (C=O) groups excluding carboxylic acids is 1. The molecule has 8 heteroatoms. The third-order valence-corrected chi connectivity index (χ3v) is 5.55. The number of hydrogen-bond acceptors (Lipinski definition) is 4. The van der Waals surface area contributed by atoms with Gasteiger partial charge in [-0.15, -0.1) is 0 Å². The topological polar surface area (TPSA) is 112 Å². The SMILES string of the molecule is O=C(O)CC(Cc1ccccc1)C(=O)Nc1cc(Cc2n[nH]c(=O)c3ccccc23)ccc1F. The number of aliphatic carboxylic acids is 1. The number of aromatic amines is 1. The first-order valence-corrected chi connectivity index (χ1v) is 10.7. The lowest BCUT2D eigenvalue weighted by Crippen LogP contribution is -2.27. The van der Waals surface area contributed by atoms with Gasteiger partial charge in [-0.2, -0.15) is 5.10 Å². The van der Waals surface area contributed by atoms with E-state index in [1.807, 2.05) is 30.3 Å². The van der Waals surface area contributed by atoms with Gasteiger partial charge in [0.05, 0.1) is 29.1 Å². The molecule has 3 aromatic carbocycles. The Hall–Kier alpha value is -4.33. The normalized spacial score (nSPS) is 11.8. The standard InChI is InChI=1S/C26H22FN3O4/c27-21-11-10-17(13-22-19-8-4-5-9-20(19)26(34)30-29-22)14-23(21)28-25(33)18(15-24(31)32)12-16-6-2-1-3-7-16/h1-11,14,18H,12-13,15H2,(H,28,33)(H,30,34)(H,31,32). The first-order valence-electron chi connectivity index (χ1n) is 10.7. The summed E-state index contributed by atoms with van der Waals surface area (Å²) in [6.45, 7) is 0. The number of carboxylic acid groups (broad SMARTS) is 1. The number of anilines is 1. The number of halogens is 1. The van der Waals surface area contributed by atoms with Crippen molar-refractivity contribution in [2.24, 2.45) is 5.92 Å². The largest absolute Gasteiger partial charge is 0.481 e. The Kier molecular flexibility index (Phi) is 6.77. The van der Waals surface area contributed by atoms with Gasteiger partial charge in [-0.25, -0.2) is 9.49 Å². The van der Waals surface area contributed by atoms with Crippen LogP contribution in [0, 0.1) is 11.7 Å². The summed E-state index contributed by atoms with van der Waals surface area (Å²) in [7, 11) is 0. The Morgan fingerprint density at radius 3 is 2.41 bits per heavy atom.